The number of hydrogen-bond acceptors (Lipinski definition) is 10. The van der Waals surface area contributed by atoms with Gasteiger partial charge in [0.05, 0.1) is 22.2 Å². The van der Waals surface area contributed by atoms with E-state index in [0.29, 0.717) is 16.7 Å². The Morgan fingerprint density at radius 2 is 0.847 bits per heavy atom. The minimum Gasteiger partial charge on any atom is -0.459 e. The first kappa shape index (κ1) is 58.0. The van der Waals surface area contributed by atoms with Gasteiger partial charge < -0.3 is 45.0 Å². The van der Waals surface area contributed by atoms with E-state index < -0.39 is 58.6 Å². The van der Waals surface area contributed by atoms with Crippen molar-refractivity contribution in [2.45, 2.75) is 90.6 Å². The van der Waals surface area contributed by atoms with Crippen LogP contribution in [-0.4, -0.2) is 56.3 Å². The monoisotopic (exact) mass is 962 g/mol. The van der Waals surface area contributed by atoms with Gasteiger partial charge in [0.15, 0.2) is 0 Å². The fraction of sp³-hybridized carbons (Fsp3) is 0.293. The Kier molecular flexibility index (Phi) is 23.9. The van der Waals surface area contributed by atoms with E-state index in [9.17, 15) is 24.0 Å². The Morgan fingerprint density at radius 3 is 1.24 bits per heavy atom. The molecule has 2 aromatic carbocycles. The zero-order chi connectivity index (χ0) is 53.5. The quantitative estimate of drug-likeness (QED) is 0.0546. The lowest BCUT2D eigenvalue weighted by Crippen LogP contribution is -2.45. The van der Waals surface area contributed by atoms with E-state index in [1.807, 2.05) is 30.3 Å². The number of hydrogen-bond donors (Lipinski definition) is 4. The van der Waals surface area contributed by atoms with E-state index in [2.05, 4.69) is 152 Å². The van der Waals surface area contributed by atoms with Crippen molar-refractivity contribution in [2.24, 2.45) is 0 Å². The molecule has 0 saturated carbocycles. The van der Waals surface area contributed by atoms with Gasteiger partial charge in [0.2, 0.25) is 0 Å². The first-order valence-electron chi connectivity index (χ1n) is 21.5. The Balaban J connectivity index is 1.88. The first-order chi connectivity index (χ1) is 34.1. The summed E-state index contributed by atoms with van der Waals surface area (Å²) in [6.45, 7) is 18.6. The molecule has 1 unspecified atom stereocenters. The number of esters is 1. The molecule has 14 heteroatoms. The lowest BCUT2D eigenvalue weighted by molar-refractivity contribution is -0.138. The summed E-state index contributed by atoms with van der Waals surface area (Å²) in [5, 5.41) is 11.2. The molecule has 0 aliphatic heterocycles. The van der Waals surface area contributed by atoms with Gasteiger partial charge in [-0.3, -0.25) is 0 Å². The topological polar surface area (TPSA) is 180 Å². The largest absolute Gasteiger partial charge is 0.459 e. The van der Waals surface area contributed by atoms with Gasteiger partial charge in [-0.25, -0.2) is 24.0 Å². The van der Waals surface area contributed by atoms with Crippen LogP contribution >= 0.6 is 0 Å². The molecule has 4 N–H and O–H groups in total. The summed E-state index contributed by atoms with van der Waals surface area (Å²) < 4.78 is 25.8. The summed E-state index contributed by atoms with van der Waals surface area (Å²) in [6, 6.07) is 14.5. The highest BCUT2D eigenvalue weighted by Gasteiger charge is 2.31. The SMILES string of the molecule is C#CC#CC#CC#CC#CC#CC#CC#CC#CC#CC#COC(=O)NC(C)(C)c1cccc(C(C)(C)NC(=O)OC(C)COC(=O)NC(C)(C)c2cccc(C(C)(C)NC(=O)OCCOC(=O)C=C)c2)c1. The lowest BCUT2D eigenvalue weighted by Gasteiger charge is -2.31. The van der Waals surface area contributed by atoms with Crippen LogP contribution < -0.4 is 21.3 Å². The molecule has 4 amide bonds. The Hall–Kier alpha value is -10.1. The number of carbonyl (C=O) groups excluding carboxylic acids is 5. The maximum atomic E-state index is 13.1. The van der Waals surface area contributed by atoms with Crippen molar-refractivity contribution in [1.82, 2.24) is 21.3 Å². The predicted molar refractivity (Wildman–Crippen MR) is 270 cm³/mol. The summed E-state index contributed by atoms with van der Waals surface area (Å²) >= 11 is 0. The number of amides is 4. The molecule has 0 fully saturated rings. The van der Waals surface area contributed by atoms with E-state index in [4.69, 9.17) is 30.1 Å². The van der Waals surface area contributed by atoms with Gasteiger partial charge in [-0.15, -0.1) is 6.42 Å². The summed E-state index contributed by atoms with van der Waals surface area (Å²) in [7, 11) is 0. The van der Waals surface area contributed by atoms with Crippen LogP contribution in [0.3, 0.4) is 0 Å². The number of alkyl carbamates (subject to hydrolysis) is 4. The van der Waals surface area contributed by atoms with Gasteiger partial charge in [-0.1, -0.05) is 55.1 Å². The molecule has 0 aromatic heterocycles. The molecule has 0 aliphatic carbocycles. The maximum Gasteiger partial charge on any atom is 0.421 e. The number of terminal acetylenes is 1. The van der Waals surface area contributed by atoms with E-state index in [1.165, 1.54) is 0 Å². The highest BCUT2D eigenvalue weighted by Crippen LogP contribution is 2.28. The molecule has 1 atom stereocenters. The van der Waals surface area contributed by atoms with Gasteiger partial charge in [0, 0.05) is 77.1 Å². The molecule has 0 radical (unpaired) electrons. The van der Waals surface area contributed by atoms with Crippen LogP contribution in [0.5, 0.6) is 0 Å². The summed E-state index contributed by atoms with van der Waals surface area (Å²) in [5.74, 6) is 48.1. The second-order valence-electron chi connectivity index (χ2n) is 16.5. The molecular weight excluding hydrogens is 913 g/mol. The van der Waals surface area contributed by atoms with Crippen molar-refractivity contribution in [2.75, 3.05) is 19.8 Å². The third-order valence-corrected chi connectivity index (χ3v) is 9.15. The van der Waals surface area contributed by atoms with Crippen molar-refractivity contribution >= 4 is 30.3 Å². The molecule has 2 aromatic rings. The summed E-state index contributed by atoms with van der Waals surface area (Å²) in [5.41, 5.74) is -0.890. The maximum absolute atomic E-state index is 13.1. The Bertz CT molecular complexity index is 3110. The van der Waals surface area contributed by atoms with Gasteiger partial charge in [-0.2, -0.15) is 0 Å². The van der Waals surface area contributed by atoms with Crippen LogP contribution in [0.15, 0.2) is 61.2 Å². The van der Waals surface area contributed by atoms with Gasteiger partial charge in [-0.05, 0) is 132 Å². The normalized spacial score (nSPS) is 9.89. The highest BCUT2D eigenvalue weighted by molar-refractivity contribution is 5.81. The molecule has 72 heavy (non-hydrogen) atoms. The molecule has 0 aliphatic rings. The van der Waals surface area contributed by atoms with E-state index >= 15 is 0 Å². The standard InChI is InChI=1S/C58H50N4O10/c1-12-14-15-16-17-18-19-20-21-22-23-24-25-26-27-28-29-30-31-32-39-69-51(64)59-55(4,5)47-36-34-38-49(43-47)58(10,11)62-54(67)72-45(3)44-71-53(66)61-57(8,9)48-37-33-35-46(42-48)56(6,7)60-52(65)70-41-40-68-50(63)13-2/h1,13,33-38,42-43,45H,2,40-41,44H2,3-11H3,(H,59,64)(H,60,65)(H,61,66)(H,62,67). The third-order valence-electron chi connectivity index (χ3n) is 9.15. The second-order valence-corrected chi connectivity index (χ2v) is 16.5. The summed E-state index contributed by atoms with van der Waals surface area (Å²) in [4.78, 5) is 62.2. The number of benzene rings is 2. The molecule has 14 nitrogen and oxygen atoms in total. The van der Waals surface area contributed by atoms with Crippen LogP contribution in [-0.2, 0) is 50.6 Å². The van der Waals surface area contributed by atoms with Crippen LogP contribution in [0.2, 0.25) is 0 Å². The van der Waals surface area contributed by atoms with E-state index in [-0.39, 0.29) is 19.8 Å². The van der Waals surface area contributed by atoms with Gasteiger partial charge in [0.1, 0.15) is 32.0 Å². The van der Waals surface area contributed by atoms with Crippen molar-refractivity contribution in [3.63, 3.8) is 0 Å². The molecule has 2 rings (SSSR count). The van der Waals surface area contributed by atoms with Crippen molar-refractivity contribution in [1.29, 1.82) is 0 Å². The lowest BCUT2D eigenvalue weighted by atomic mass is 9.87. The third kappa shape index (κ3) is 23.1. The van der Waals surface area contributed by atoms with Gasteiger partial charge >= 0.3 is 30.3 Å². The van der Waals surface area contributed by atoms with Crippen LogP contribution in [0.1, 0.15) is 84.6 Å². The Morgan fingerprint density at radius 1 is 0.514 bits per heavy atom. The summed E-state index contributed by atoms with van der Waals surface area (Å²) in [6.07, 6.45) is 4.31. The molecule has 362 valence electrons. The van der Waals surface area contributed by atoms with E-state index in [0.717, 1.165) is 11.6 Å². The highest BCUT2D eigenvalue weighted by atomic mass is 16.6. The minimum atomic E-state index is -0.948. The van der Waals surface area contributed by atoms with Crippen LogP contribution in [0.25, 0.3) is 0 Å². The van der Waals surface area contributed by atoms with Gasteiger partial charge in [0.25, 0.3) is 0 Å². The predicted octanol–water partition coefficient (Wildman–Crippen LogP) is 5.97. The minimum absolute atomic E-state index is 0.120. The number of carbonyl (C=O) groups is 5. The number of rotatable bonds is 15. The molecular formula is C58H50N4O10. The number of nitrogens with one attached hydrogen (secondary N) is 4. The van der Waals surface area contributed by atoms with Crippen LogP contribution in [0.4, 0.5) is 19.2 Å². The van der Waals surface area contributed by atoms with Crippen molar-refractivity contribution < 1.29 is 47.7 Å². The molecule has 0 bridgehead atoms. The zero-order valence-electron chi connectivity index (χ0n) is 41.3. The fourth-order valence-electron chi connectivity index (χ4n) is 5.44. The average Bonchev–Trinajstić information content (AvgIpc) is 3.32. The fourth-order valence-corrected chi connectivity index (χ4v) is 5.44. The first-order valence-corrected chi connectivity index (χ1v) is 21.5. The smallest absolute Gasteiger partial charge is 0.421 e. The van der Waals surface area contributed by atoms with Crippen molar-refractivity contribution in [3.8, 4) is 131 Å². The number of ether oxygens (including phenoxy) is 5. The molecule has 0 spiro atoms. The second kappa shape index (κ2) is 29.6. The molecule has 0 heterocycles. The van der Waals surface area contributed by atoms with Crippen molar-refractivity contribution in [3.05, 3.63) is 83.4 Å². The van der Waals surface area contributed by atoms with Crippen LogP contribution in [0, 0.1) is 131 Å². The Labute approximate surface area is 422 Å². The molecule has 0 saturated heterocycles. The van der Waals surface area contributed by atoms with E-state index in [1.54, 1.807) is 80.5 Å². The zero-order valence-corrected chi connectivity index (χ0v) is 41.3. The average molecular weight is 963 g/mol.